The molecule has 0 fully saturated rings. The minimum Gasteiger partial charge on any atom is -0.347 e. The van der Waals surface area contributed by atoms with Crippen molar-refractivity contribution < 1.29 is 4.39 Å². The summed E-state index contributed by atoms with van der Waals surface area (Å²) in [4.78, 5) is 11.2. The van der Waals surface area contributed by atoms with Crippen LogP contribution < -0.4 is 10.2 Å². The summed E-state index contributed by atoms with van der Waals surface area (Å²) in [6.07, 6.45) is 0.896. The summed E-state index contributed by atoms with van der Waals surface area (Å²) >= 11 is 0. The molecular weight excluding hydrogens is 291 g/mol. The highest BCUT2D eigenvalue weighted by Gasteiger charge is 2.19. The molecule has 2 aromatic rings. The standard InChI is InChI=1S/C15H17FN4.ClH/c1-20(2)15-18-13-7-8-17-9-12(13)14(19-15)10-3-5-11(16)6-4-10;/h3-6,17H,7-9H2,1-2H3;1H. The Hall–Kier alpha value is -1.72. The highest BCUT2D eigenvalue weighted by Crippen LogP contribution is 2.27. The first-order chi connectivity index (χ1) is 9.65. The summed E-state index contributed by atoms with van der Waals surface area (Å²) in [7, 11) is 3.86. The number of benzene rings is 1. The summed E-state index contributed by atoms with van der Waals surface area (Å²) in [5, 5.41) is 3.34. The van der Waals surface area contributed by atoms with Crippen LogP contribution in [0.1, 0.15) is 11.3 Å². The van der Waals surface area contributed by atoms with Gasteiger partial charge in [0.05, 0.1) is 11.4 Å². The topological polar surface area (TPSA) is 41.1 Å². The van der Waals surface area contributed by atoms with Crippen LogP contribution in [0.4, 0.5) is 10.3 Å². The van der Waals surface area contributed by atoms with Crippen LogP contribution in [0.3, 0.4) is 0 Å². The second kappa shape index (κ2) is 6.37. The predicted octanol–water partition coefficient (Wildman–Crippen LogP) is 2.42. The zero-order chi connectivity index (χ0) is 14.1. The summed E-state index contributed by atoms with van der Waals surface area (Å²) in [6.45, 7) is 1.69. The molecule has 0 spiro atoms. The lowest BCUT2D eigenvalue weighted by molar-refractivity contribution is 0.625. The van der Waals surface area contributed by atoms with E-state index in [1.54, 1.807) is 12.1 Å². The van der Waals surface area contributed by atoms with E-state index in [0.29, 0.717) is 5.95 Å². The van der Waals surface area contributed by atoms with Gasteiger partial charge in [0.25, 0.3) is 0 Å². The molecule has 0 radical (unpaired) electrons. The predicted molar refractivity (Wildman–Crippen MR) is 84.4 cm³/mol. The minimum absolute atomic E-state index is 0. The Kier molecular flexibility index (Phi) is 4.75. The molecule has 4 nitrogen and oxygen atoms in total. The van der Waals surface area contributed by atoms with Gasteiger partial charge in [-0.15, -0.1) is 12.4 Å². The van der Waals surface area contributed by atoms with Crippen LogP contribution in [-0.4, -0.2) is 30.6 Å². The molecule has 0 saturated carbocycles. The average molecular weight is 309 g/mol. The van der Waals surface area contributed by atoms with Crippen molar-refractivity contribution in [3.63, 3.8) is 0 Å². The van der Waals surface area contributed by atoms with Gasteiger partial charge in [-0.1, -0.05) is 0 Å². The smallest absolute Gasteiger partial charge is 0.225 e. The van der Waals surface area contributed by atoms with Gasteiger partial charge in [-0.25, -0.2) is 14.4 Å². The van der Waals surface area contributed by atoms with Crippen molar-refractivity contribution in [2.24, 2.45) is 0 Å². The van der Waals surface area contributed by atoms with Crippen LogP contribution in [0.25, 0.3) is 11.3 Å². The summed E-state index contributed by atoms with van der Waals surface area (Å²) in [6, 6.07) is 6.48. The van der Waals surface area contributed by atoms with Gasteiger partial charge in [-0.05, 0) is 24.3 Å². The number of halogens is 2. The molecule has 0 aliphatic carbocycles. The van der Waals surface area contributed by atoms with Crippen LogP contribution in [-0.2, 0) is 13.0 Å². The van der Waals surface area contributed by atoms with E-state index in [2.05, 4.69) is 15.3 Å². The SMILES string of the molecule is CN(C)c1nc2c(c(-c3ccc(F)cc3)n1)CNCC2.Cl. The molecule has 1 aliphatic heterocycles. The van der Waals surface area contributed by atoms with E-state index in [9.17, 15) is 4.39 Å². The molecule has 0 saturated heterocycles. The maximum atomic E-state index is 13.1. The summed E-state index contributed by atoms with van der Waals surface area (Å²) < 4.78 is 13.1. The van der Waals surface area contributed by atoms with Gasteiger partial charge in [0.1, 0.15) is 5.82 Å². The van der Waals surface area contributed by atoms with Crippen molar-refractivity contribution in [3.05, 3.63) is 41.3 Å². The van der Waals surface area contributed by atoms with E-state index in [-0.39, 0.29) is 18.2 Å². The van der Waals surface area contributed by atoms with Gasteiger partial charge >= 0.3 is 0 Å². The Morgan fingerprint density at radius 2 is 1.86 bits per heavy atom. The highest BCUT2D eigenvalue weighted by molar-refractivity contribution is 5.85. The third-order valence-corrected chi connectivity index (χ3v) is 3.44. The molecule has 0 amide bonds. The fraction of sp³-hybridized carbons (Fsp3) is 0.333. The molecule has 1 aromatic heterocycles. The van der Waals surface area contributed by atoms with E-state index in [1.807, 2.05) is 19.0 Å². The van der Waals surface area contributed by atoms with Crippen molar-refractivity contribution in [2.45, 2.75) is 13.0 Å². The van der Waals surface area contributed by atoms with Crippen molar-refractivity contribution in [1.82, 2.24) is 15.3 Å². The first kappa shape index (κ1) is 15.7. The van der Waals surface area contributed by atoms with Crippen LogP contribution in [0.2, 0.25) is 0 Å². The lowest BCUT2D eigenvalue weighted by atomic mass is 10.0. The molecule has 21 heavy (non-hydrogen) atoms. The summed E-state index contributed by atoms with van der Waals surface area (Å²) in [5.41, 5.74) is 4.03. The normalized spacial score (nSPS) is 13.3. The molecule has 3 rings (SSSR count). The van der Waals surface area contributed by atoms with Gasteiger partial charge in [0, 0.05) is 44.7 Å². The largest absolute Gasteiger partial charge is 0.347 e. The lowest BCUT2D eigenvalue weighted by Gasteiger charge is -2.22. The van der Waals surface area contributed by atoms with E-state index < -0.39 is 0 Å². The van der Waals surface area contributed by atoms with Crippen LogP contribution >= 0.6 is 12.4 Å². The maximum absolute atomic E-state index is 13.1. The molecule has 6 heteroatoms. The van der Waals surface area contributed by atoms with E-state index in [4.69, 9.17) is 0 Å². The molecule has 0 bridgehead atoms. The number of rotatable bonds is 2. The van der Waals surface area contributed by atoms with E-state index in [1.165, 1.54) is 12.1 Å². The zero-order valence-corrected chi connectivity index (χ0v) is 12.9. The third kappa shape index (κ3) is 3.14. The number of hydrogen-bond acceptors (Lipinski definition) is 4. The quantitative estimate of drug-likeness (QED) is 0.925. The van der Waals surface area contributed by atoms with Crippen molar-refractivity contribution in [3.8, 4) is 11.3 Å². The van der Waals surface area contributed by atoms with Crippen molar-refractivity contribution in [2.75, 3.05) is 25.5 Å². The Balaban J connectivity index is 0.00000161. The monoisotopic (exact) mass is 308 g/mol. The second-order valence-electron chi connectivity index (χ2n) is 5.13. The van der Waals surface area contributed by atoms with Crippen LogP contribution in [0.5, 0.6) is 0 Å². The molecule has 0 unspecified atom stereocenters. The number of hydrogen-bond donors (Lipinski definition) is 1. The number of nitrogens with one attached hydrogen (secondary N) is 1. The highest BCUT2D eigenvalue weighted by atomic mass is 35.5. The molecule has 112 valence electrons. The molecule has 2 heterocycles. The Labute approximate surface area is 129 Å². The second-order valence-corrected chi connectivity index (χ2v) is 5.13. The van der Waals surface area contributed by atoms with Crippen molar-refractivity contribution >= 4 is 18.4 Å². The number of nitrogens with zero attached hydrogens (tertiary/aromatic N) is 3. The third-order valence-electron chi connectivity index (χ3n) is 3.44. The molecule has 1 N–H and O–H groups in total. The molecule has 1 aromatic carbocycles. The zero-order valence-electron chi connectivity index (χ0n) is 12.1. The van der Waals surface area contributed by atoms with Gasteiger partial charge in [-0.3, -0.25) is 0 Å². The molecular formula is C15H18ClFN4. The minimum atomic E-state index is -0.234. The van der Waals surface area contributed by atoms with Gasteiger partial charge in [-0.2, -0.15) is 0 Å². The van der Waals surface area contributed by atoms with Gasteiger partial charge < -0.3 is 10.2 Å². The molecule has 0 atom stereocenters. The summed E-state index contributed by atoms with van der Waals surface area (Å²) in [5.74, 6) is 0.465. The van der Waals surface area contributed by atoms with Crippen molar-refractivity contribution in [1.29, 1.82) is 0 Å². The van der Waals surface area contributed by atoms with E-state index in [0.717, 1.165) is 42.0 Å². The van der Waals surface area contributed by atoms with Crippen LogP contribution in [0, 0.1) is 5.82 Å². The first-order valence-corrected chi connectivity index (χ1v) is 6.69. The Morgan fingerprint density at radius 1 is 1.14 bits per heavy atom. The fourth-order valence-electron chi connectivity index (χ4n) is 2.38. The molecule has 1 aliphatic rings. The van der Waals surface area contributed by atoms with Gasteiger partial charge in [0.2, 0.25) is 5.95 Å². The number of fused-ring (bicyclic) bond motifs is 1. The maximum Gasteiger partial charge on any atom is 0.225 e. The fourth-order valence-corrected chi connectivity index (χ4v) is 2.38. The van der Waals surface area contributed by atoms with Gasteiger partial charge in [0.15, 0.2) is 0 Å². The van der Waals surface area contributed by atoms with E-state index >= 15 is 0 Å². The number of anilines is 1. The Bertz CT molecular complexity index is 628. The lowest BCUT2D eigenvalue weighted by Crippen LogP contribution is -2.27. The first-order valence-electron chi connectivity index (χ1n) is 6.69. The average Bonchev–Trinajstić information content (AvgIpc) is 2.47. The van der Waals surface area contributed by atoms with Crippen LogP contribution in [0.15, 0.2) is 24.3 Å². The number of aromatic nitrogens is 2. The Morgan fingerprint density at radius 3 is 2.52 bits per heavy atom.